The zero-order valence-electron chi connectivity index (χ0n) is 17.1. The Morgan fingerprint density at radius 1 is 1.24 bits per heavy atom. The largest absolute Gasteiger partial charge is 0.493 e. The number of H-pyrrole nitrogens is 1. The second kappa shape index (κ2) is 8.42. The predicted molar refractivity (Wildman–Crippen MR) is 106 cm³/mol. The molecule has 156 valence electrons. The first-order chi connectivity index (χ1) is 13.8. The number of amides is 2. The number of anilines is 1. The lowest BCUT2D eigenvalue weighted by Gasteiger charge is -2.30. The first kappa shape index (κ1) is 20.5. The van der Waals surface area contributed by atoms with Crippen molar-refractivity contribution < 1.29 is 23.8 Å². The van der Waals surface area contributed by atoms with E-state index in [0.717, 1.165) is 11.3 Å². The summed E-state index contributed by atoms with van der Waals surface area (Å²) in [5.41, 5.74) is 1.10. The molecule has 2 N–H and O–H groups in total. The molecule has 0 bridgehead atoms. The summed E-state index contributed by atoms with van der Waals surface area (Å²) in [6.07, 6.45) is 0.218. The maximum atomic E-state index is 12.4. The number of nitrogens with zero attached hydrogens (tertiary/aromatic N) is 2. The Bertz CT molecular complexity index is 887. The number of fused-ring (bicyclic) bond motifs is 1. The van der Waals surface area contributed by atoms with Crippen LogP contribution in [0, 0.1) is 0 Å². The van der Waals surface area contributed by atoms with Crippen LogP contribution in [0.15, 0.2) is 24.3 Å². The fraction of sp³-hybridized carbons (Fsp3) is 0.450. The number of methoxy groups -OCH3 is 1. The molecule has 0 spiro atoms. The summed E-state index contributed by atoms with van der Waals surface area (Å²) in [5, 5.41) is 9.85. The van der Waals surface area contributed by atoms with E-state index < -0.39 is 5.60 Å². The lowest BCUT2D eigenvalue weighted by molar-refractivity contribution is -0.118. The summed E-state index contributed by atoms with van der Waals surface area (Å²) < 4.78 is 16.2. The van der Waals surface area contributed by atoms with Gasteiger partial charge in [-0.1, -0.05) is 12.1 Å². The Hall–Kier alpha value is -3.23. The van der Waals surface area contributed by atoms with Crippen molar-refractivity contribution in [1.82, 2.24) is 15.1 Å². The minimum atomic E-state index is -0.569. The number of carbonyl (C=O) groups is 2. The normalized spacial score (nSPS) is 13.4. The Kier molecular flexibility index (Phi) is 5.95. The second-order valence-electron chi connectivity index (χ2n) is 7.67. The third-order valence-electron chi connectivity index (χ3n) is 4.27. The molecule has 1 aliphatic rings. The number of benzene rings is 1. The highest BCUT2D eigenvalue weighted by Gasteiger charge is 2.29. The third kappa shape index (κ3) is 5.18. The lowest BCUT2D eigenvalue weighted by Crippen LogP contribution is -2.40. The van der Waals surface area contributed by atoms with Crippen LogP contribution in [0.5, 0.6) is 11.5 Å². The minimum Gasteiger partial charge on any atom is -0.493 e. The van der Waals surface area contributed by atoms with E-state index in [2.05, 4.69) is 15.5 Å². The van der Waals surface area contributed by atoms with Gasteiger partial charge < -0.3 is 24.4 Å². The van der Waals surface area contributed by atoms with E-state index in [-0.39, 0.29) is 18.6 Å². The van der Waals surface area contributed by atoms with Crippen LogP contribution in [0.3, 0.4) is 0 Å². The maximum Gasteiger partial charge on any atom is 0.410 e. The molecule has 1 aromatic carbocycles. The van der Waals surface area contributed by atoms with Gasteiger partial charge in [-0.3, -0.25) is 9.89 Å². The molecule has 29 heavy (non-hydrogen) atoms. The number of ether oxygens (including phenoxy) is 3. The molecule has 0 aliphatic carbocycles. The Balaban J connectivity index is 1.61. The third-order valence-corrected chi connectivity index (χ3v) is 4.27. The highest BCUT2D eigenvalue weighted by molar-refractivity contribution is 5.91. The summed E-state index contributed by atoms with van der Waals surface area (Å²) in [5.74, 6) is 1.05. The standard InChI is InChI=1S/C20H26N4O5/c1-20(2,3)29-19(26)24-10-9-14-13(11-24)18(23-22-14)21-17(25)12-28-16-8-6-5-7-15(16)27-4/h5-8H,9-12H2,1-4H3,(H2,21,22,23,25). The number of nitrogens with one attached hydrogen (secondary N) is 2. The van der Waals surface area contributed by atoms with Gasteiger partial charge >= 0.3 is 6.09 Å². The van der Waals surface area contributed by atoms with E-state index >= 15 is 0 Å². The van der Waals surface area contributed by atoms with Gasteiger partial charge in [0, 0.05) is 24.2 Å². The van der Waals surface area contributed by atoms with Gasteiger partial charge in [-0.2, -0.15) is 5.10 Å². The molecule has 9 heteroatoms. The van der Waals surface area contributed by atoms with Crippen molar-refractivity contribution in [1.29, 1.82) is 0 Å². The van der Waals surface area contributed by atoms with Gasteiger partial charge in [-0.25, -0.2) is 4.79 Å². The molecule has 2 heterocycles. The molecule has 0 fully saturated rings. The van der Waals surface area contributed by atoms with Crippen LogP contribution >= 0.6 is 0 Å². The monoisotopic (exact) mass is 402 g/mol. The lowest BCUT2D eigenvalue weighted by atomic mass is 10.1. The van der Waals surface area contributed by atoms with Crippen LogP contribution in [-0.4, -0.2) is 53.0 Å². The first-order valence-corrected chi connectivity index (χ1v) is 9.36. The highest BCUT2D eigenvalue weighted by Crippen LogP contribution is 2.27. The number of hydrogen-bond acceptors (Lipinski definition) is 6. The number of aromatic nitrogens is 2. The van der Waals surface area contributed by atoms with Crippen molar-refractivity contribution in [2.75, 3.05) is 25.6 Å². The van der Waals surface area contributed by atoms with Crippen molar-refractivity contribution in [2.45, 2.75) is 39.3 Å². The van der Waals surface area contributed by atoms with Crippen molar-refractivity contribution in [3.05, 3.63) is 35.5 Å². The summed E-state index contributed by atoms with van der Waals surface area (Å²) in [4.78, 5) is 26.3. The Labute approximate surface area is 169 Å². The molecule has 0 radical (unpaired) electrons. The SMILES string of the molecule is COc1ccccc1OCC(=O)Nc1n[nH]c2c1CN(C(=O)OC(C)(C)C)CC2. The first-order valence-electron chi connectivity index (χ1n) is 9.36. The minimum absolute atomic E-state index is 0.197. The maximum absolute atomic E-state index is 12.4. The average molecular weight is 402 g/mol. The Morgan fingerprint density at radius 2 is 1.97 bits per heavy atom. The molecule has 0 saturated carbocycles. The molecule has 1 aromatic heterocycles. The van der Waals surface area contributed by atoms with Crippen LogP contribution in [0.25, 0.3) is 0 Å². The van der Waals surface area contributed by atoms with Crippen LogP contribution in [0.2, 0.25) is 0 Å². The van der Waals surface area contributed by atoms with Gasteiger partial charge in [0.05, 0.1) is 13.7 Å². The number of rotatable bonds is 5. The summed E-state index contributed by atoms with van der Waals surface area (Å²) >= 11 is 0. The number of aromatic amines is 1. The van der Waals surface area contributed by atoms with E-state index in [9.17, 15) is 9.59 Å². The molecule has 2 amide bonds. The van der Waals surface area contributed by atoms with Crippen molar-refractivity contribution in [3.8, 4) is 11.5 Å². The van der Waals surface area contributed by atoms with Crippen molar-refractivity contribution >= 4 is 17.8 Å². The number of para-hydroxylation sites is 2. The smallest absolute Gasteiger partial charge is 0.410 e. The molecule has 0 saturated heterocycles. The van der Waals surface area contributed by atoms with E-state index in [1.54, 1.807) is 23.1 Å². The summed E-state index contributed by atoms with van der Waals surface area (Å²) in [7, 11) is 1.54. The molecule has 1 aliphatic heterocycles. The topological polar surface area (TPSA) is 106 Å². The van der Waals surface area contributed by atoms with Gasteiger partial charge in [0.1, 0.15) is 5.60 Å². The quantitative estimate of drug-likeness (QED) is 0.797. The van der Waals surface area contributed by atoms with E-state index in [0.29, 0.717) is 36.8 Å². The van der Waals surface area contributed by atoms with E-state index in [4.69, 9.17) is 14.2 Å². The van der Waals surface area contributed by atoms with Gasteiger partial charge in [0.25, 0.3) is 5.91 Å². The summed E-state index contributed by atoms with van der Waals surface area (Å²) in [6, 6.07) is 7.09. The molecular formula is C20H26N4O5. The Morgan fingerprint density at radius 3 is 2.66 bits per heavy atom. The fourth-order valence-electron chi connectivity index (χ4n) is 2.93. The fourth-order valence-corrected chi connectivity index (χ4v) is 2.93. The van der Waals surface area contributed by atoms with Gasteiger partial charge in [-0.05, 0) is 32.9 Å². The molecule has 0 unspecified atom stereocenters. The average Bonchev–Trinajstić information content (AvgIpc) is 3.07. The van der Waals surface area contributed by atoms with E-state index in [1.165, 1.54) is 7.11 Å². The molecule has 0 atom stereocenters. The molecule has 9 nitrogen and oxygen atoms in total. The second-order valence-corrected chi connectivity index (χ2v) is 7.67. The van der Waals surface area contributed by atoms with E-state index in [1.807, 2.05) is 26.8 Å². The predicted octanol–water partition coefficient (Wildman–Crippen LogP) is 2.73. The molecule has 2 aromatic rings. The zero-order chi connectivity index (χ0) is 21.0. The van der Waals surface area contributed by atoms with Gasteiger partial charge in [0.2, 0.25) is 0 Å². The van der Waals surface area contributed by atoms with Gasteiger partial charge in [-0.15, -0.1) is 0 Å². The van der Waals surface area contributed by atoms with Gasteiger partial charge in [0.15, 0.2) is 23.9 Å². The number of carbonyl (C=O) groups excluding carboxylic acids is 2. The van der Waals surface area contributed by atoms with Crippen molar-refractivity contribution in [2.24, 2.45) is 0 Å². The zero-order valence-corrected chi connectivity index (χ0v) is 17.1. The summed E-state index contributed by atoms with van der Waals surface area (Å²) in [6.45, 7) is 6.11. The molecule has 3 rings (SSSR count). The molecular weight excluding hydrogens is 376 g/mol. The van der Waals surface area contributed by atoms with Crippen LogP contribution in [-0.2, 0) is 22.5 Å². The van der Waals surface area contributed by atoms with Crippen LogP contribution in [0.4, 0.5) is 10.6 Å². The highest BCUT2D eigenvalue weighted by atomic mass is 16.6. The number of hydrogen-bond donors (Lipinski definition) is 2. The van der Waals surface area contributed by atoms with Crippen LogP contribution in [0.1, 0.15) is 32.0 Å². The van der Waals surface area contributed by atoms with Crippen LogP contribution < -0.4 is 14.8 Å². The van der Waals surface area contributed by atoms with Crippen molar-refractivity contribution in [3.63, 3.8) is 0 Å².